The molecule has 9 atom stereocenters. The predicted octanol–water partition coefficient (Wildman–Crippen LogP) is 7.22. The number of ketones is 1. The van der Waals surface area contributed by atoms with E-state index in [0.717, 1.165) is 64.2 Å². The number of nitrogens with one attached hydrogen (secondary N) is 1. The molecule has 0 spiro atoms. The van der Waals surface area contributed by atoms with Crippen molar-refractivity contribution in [2.45, 2.75) is 138 Å². The number of Topliss-reactive ketones (excluding diaryl/α,β-unsaturated/α-hetero) is 1. The fraction of sp³-hybridized carbons (Fsp3) is 0.889. The molecule has 0 heterocycles. The van der Waals surface area contributed by atoms with E-state index >= 15 is 0 Å². The molecule has 5 nitrogen and oxygen atoms in total. The lowest BCUT2D eigenvalue weighted by Gasteiger charge is -2.71. The van der Waals surface area contributed by atoms with Gasteiger partial charge in [0.15, 0.2) is 12.1 Å². The Kier molecular flexibility index (Phi) is 6.84. The van der Waals surface area contributed by atoms with Crippen LogP contribution in [0.3, 0.4) is 0 Å². The van der Waals surface area contributed by atoms with Crippen molar-refractivity contribution >= 4 is 11.7 Å². The molecule has 0 saturated heterocycles. The van der Waals surface area contributed by atoms with E-state index in [0.29, 0.717) is 24.2 Å². The van der Waals surface area contributed by atoms with Gasteiger partial charge in [-0.1, -0.05) is 60.1 Å². The number of hydrogen-bond donors (Lipinski definition) is 2. The Morgan fingerprint density at radius 1 is 0.951 bits per heavy atom. The van der Waals surface area contributed by atoms with Crippen LogP contribution < -0.4 is 5.32 Å². The zero-order valence-corrected chi connectivity index (χ0v) is 27.2. The molecule has 2 N–H and O–H groups in total. The second-order valence-electron chi connectivity index (χ2n) is 17.5. The van der Waals surface area contributed by atoms with Gasteiger partial charge < -0.3 is 15.2 Å². The number of fused-ring (bicyclic) bond motifs is 7. The minimum absolute atomic E-state index is 0.0154. The number of aliphatic hydroxyl groups excluding tert-OH is 1. The maximum Gasteiger partial charge on any atom is 0.230 e. The SMILES string of the molecule is COC(O)[C@]12CCC(C)(C)CC1C1=CCC3[C@@]4(C)CC(C(=O)NC5CCC5)C(=O)C(C)(C)C4CC[C@@]3(C)[C@]1(C)CC2. The zero-order valence-electron chi connectivity index (χ0n) is 27.2. The summed E-state index contributed by atoms with van der Waals surface area (Å²) in [5.74, 6) is 0.650. The highest BCUT2D eigenvalue weighted by molar-refractivity contribution is 6.04. The Morgan fingerprint density at radius 3 is 2.27 bits per heavy atom. The lowest BCUT2D eigenvalue weighted by Crippen LogP contribution is -2.66. The lowest BCUT2D eigenvalue weighted by atomic mass is 9.33. The highest BCUT2D eigenvalue weighted by Gasteiger charge is 2.70. The molecule has 0 radical (unpaired) electrons. The molecule has 6 rings (SSSR count). The quantitative estimate of drug-likeness (QED) is 0.214. The van der Waals surface area contributed by atoms with Gasteiger partial charge in [0.2, 0.25) is 5.91 Å². The van der Waals surface area contributed by atoms with Gasteiger partial charge in [-0.15, -0.1) is 0 Å². The normalized spacial score (nSPS) is 47.4. The standard InChI is InChI=1S/C36H57NO4/c1-31(2)16-18-36(30(40)41-8)19-17-34(6)24(25(36)21-31)12-13-27-33(5)20-23(29(39)37-22-10-9-11-22)28(38)32(3,4)26(33)14-15-35(27,34)7/h12,22-23,25-27,30,40H,9-11,13-21H2,1-8H3,(H,37,39)/t23?,25?,26?,27?,30?,33-,34+,35+,36-/m0/s1. The minimum Gasteiger partial charge on any atom is -0.367 e. The van der Waals surface area contributed by atoms with Crippen LogP contribution in [-0.4, -0.2) is 36.2 Å². The highest BCUT2D eigenvalue weighted by Crippen LogP contribution is 2.76. The molecule has 6 aliphatic rings. The van der Waals surface area contributed by atoms with Gasteiger partial charge in [-0.3, -0.25) is 9.59 Å². The molecule has 1 amide bonds. The summed E-state index contributed by atoms with van der Waals surface area (Å²) in [4.78, 5) is 27.6. The predicted molar refractivity (Wildman–Crippen MR) is 162 cm³/mol. The van der Waals surface area contributed by atoms with Crippen LogP contribution >= 0.6 is 0 Å². The van der Waals surface area contributed by atoms with E-state index in [1.807, 2.05) is 0 Å². The molecule has 230 valence electrons. The topological polar surface area (TPSA) is 75.6 Å². The fourth-order valence-electron chi connectivity index (χ4n) is 12.0. The van der Waals surface area contributed by atoms with Crippen LogP contribution in [0.4, 0.5) is 0 Å². The number of hydrogen-bond acceptors (Lipinski definition) is 4. The Hall–Kier alpha value is -1.20. The number of methoxy groups -OCH3 is 1. The Labute approximate surface area is 249 Å². The molecular formula is C36H57NO4. The summed E-state index contributed by atoms with van der Waals surface area (Å²) >= 11 is 0. The average Bonchev–Trinajstić information content (AvgIpc) is 2.88. The van der Waals surface area contributed by atoms with Crippen molar-refractivity contribution in [3.8, 4) is 0 Å². The number of carbonyl (C=O) groups is 2. The highest BCUT2D eigenvalue weighted by atomic mass is 16.6. The van der Waals surface area contributed by atoms with Crippen molar-refractivity contribution in [2.75, 3.05) is 7.11 Å². The summed E-state index contributed by atoms with van der Waals surface area (Å²) in [6.45, 7) is 16.6. The van der Waals surface area contributed by atoms with Crippen LogP contribution in [0.1, 0.15) is 126 Å². The van der Waals surface area contributed by atoms with E-state index in [2.05, 4.69) is 59.9 Å². The van der Waals surface area contributed by atoms with Gasteiger partial charge in [0.05, 0.1) is 5.92 Å². The number of aliphatic hydroxyl groups is 1. The van der Waals surface area contributed by atoms with Crippen molar-refractivity contribution in [3.63, 3.8) is 0 Å². The van der Waals surface area contributed by atoms with Crippen molar-refractivity contribution in [2.24, 2.45) is 56.2 Å². The summed E-state index contributed by atoms with van der Waals surface area (Å²) < 4.78 is 5.71. The summed E-state index contributed by atoms with van der Waals surface area (Å²) in [6, 6.07) is 0.254. The van der Waals surface area contributed by atoms with Crippen molar-refractivity contribution in [1.82, 2.24) is 5.32 Å². The summed E-state index contributed by atoms with van der Waals surface area (Å²) in [5.41, 5.74) is 1.16. The third-order valence-electron chi connectivity index (χ3n) is 14.9. The molecule has 5 heteroatoms. The first-order chi connectivity index (χ1) is 19.1. The van der Waals surface area contributed by atoms with E-state index in [1.165, 1.54) is 6.42 Å². The third-order valence-corrected chi connectivity index (χ3v) is 14.9. The smallest absolute Gasteiger partial charge is 0.230 e. The number of carbonyl (C=O) groups excluding carboxylic acids is 2. The Morgan fingerprint density at radius 2 is 1.63 bits per heavy atom. The van der Waals surface area contributed by atoms with Crippen LogP contribution in [0, 0.1) is 56.2 Å². The molecule has 0 aromatic rings. The largest absolute Gasteiger partial charge is 0.367 e. The zero-order chi connectivity index (χ0) is 29.8. The maximum absolute atomic E-state index is 13.9. The van der Waals surface area contributed by atoms with Crippen LogP contribution in [0.2, 0.25) is 0 Å². The van der Waals surface area contributed by atoms with E-state index in [-0.39, 0.29) is 44.8 Å². The molecule has 0 aromatic carbocycles. The van der Waals surface area contributed by atoms with Gasteiger partial charge in [-0.25, -0.2) is 0 Å². The van der Waals surface area contributed by atoms with Gasteiger partial charge in [-0.2, -0.15) is 0 Å². The first kappa shape index (κ1) is 29.9. The van der Waals surface area contributed by atoms with E-state index in [4.69, 9.17) is 4.74 Å². The average molecular weight is 568 g/mol. The van der Waals surface area contributed by atoms with Crippen LogP contribution in [0.15, 0.2) is 11.6 Å². The molecular weight excluding hydrogens is 510 g/mol. The molecule has 5 saturated carbocycles. The van der Waals surface area contributed by atoms with Crippen molar-refractivity contribution in [3.05, 3.63) is 11.6 Å². The van der Waals surface area contributed by atoms with E-state index in [1.54, 1.807) is 12.7 Å². The van der Waals surface area contributed by atoms with Gasteiger partial charge in [-0.05, 0) is 116 Å². The Bertz CT molecular complexity index is 1140. The molecule has 5 unspecified atom stereocenters. The molecule has 0 aliphatic heterocycles. The first-order valence-corrected chi connectivity index (χ1v) is 16.8. The molecule has 5 fully saturated rings. The Balaban J connectivity index is 1.39. The van der Waals surface area contributed by atoms with Crippen LogP contribution in [-0.2, 0) is 14.3 Å². The lowest BCUT2D eigenvalue weighted by molar-refractivity contribution is -0.227. The van der Waals surface area contributed by atoms with E-state index in [9.17, 15) is 14.7 Å². The van der Waals surface area contributed by atoms with Crippen LogP contribution in [0.25, 0.3) is 0 Å². The van der Waals surface area contributed by atoms with Crippen molar-refractivity contribution < 1.29 is 19.4 Å². The summed E-state index contributed by atoms with van der Waals surface area (Å²) in [6.07, 6.45) is 14.3. The number of rotatable bonds is 4. The van der Waals surface area contributed by atoms with Crippen LogP contribution in [0.5, 0.6) is 0 Å². The summed E-state index contributed by atoms with van der Waals surface area (Å²) in [5, 5.41) is 14.6. The molecule has 41 heavy (non-hydrogen) atoms. The minimum atomic E-state index is -0.729. The number of allylic oxidation sites excluding steroid dienone is 2. The van der Waals surface area contributed by atoms with Gasteiger partial charge in [0, 0.05) is 24.0 Å². The van der Waals surface area contributed by atoms with Crippen molar-refractivity contribution in [1.29, 1.82) is 0 Å². The second kappa shape index (κ2) is 9.40. The van der Waals surface area contributed by atoms with Gasteiger partial charge in [0.25, 0.3) is 0 Å². The maximum atomic E-state index is 13.9. The molecule has 0 bridgehead atoms. The third kappa shape index (κ3) is 3.99. The second-order valence-corrected chi connectivity index (χ2v) is 17.5. The summed E-state index contributed by atoms with van der Waals surface area (Å²) in [7, 11) is 1.67. The fourth-order valence-corrected chi connectivity index (χ4v) is 12.0. The van der Waals surface area contributed by atoms with Gasteiger partial charge >= 0.3 is 0 Å². The molecule has 0 aromatic heterocycles. The van der Waals surface area contributed by atoms with Gasteiger partial charge in [0.1, 0.15) is 0 Å². The van der Waals surface area contributed by atoms with E-state index < -0.39 is 17.6 Å². The number of amides is 1. The number of ether oxygens (including phenoxy) is 1. The molecule has 6 aliphatic carbocycles. The monoisotopic (exact) mass is 567 g/mol. The first-order valence-electron chi connectivity index (χ1n) is 16.8.